The van der Waals surface area contributed by atoms with Crippen LogP contribution in [0.2, 0.25) is 0 Å². The van der Waals surface area contributed by atoms with Crippen LogP contribution >= 0.6 is 0 Å². The Morgan fingerprint density at radius 2 is 1.83 bits per heavy atom. The van der Waals surface area contributed by atoms with Crippen molar-refractivity contribution in [3.8, 4) is 0 Å². The van der Waals surface area contributed by atoms with Crippen molar-refractivity contribution in [1.29, 1.82) is 0 Å². The second-order valence-electron chi connectivity index (χ2n) is 7.80. The first kappa shape index (κ1) is 20.3. The number of amidine groups is 1. The summed E-state index contributed by atoms with van der Waals surface area (Å²) < 4.78 is 5.33. The van der Waals surface area contributed by atoms with Crippen molar-refractivity contribution in [2.24, 2.45) is 10.9 Å². The first-order chi connectivity index (χ1) is 14.5. The van der Waals surface area contributed by atoms with Gasteiger partial charge in [0.1, 0.15) is 6.04 Å². The van der Waals surface area contributed by atoms with Crippen LogP contribution in [0.1, 0.15) is 19.8 Å². The summed E-state index contributed by atoms with van der Waals surface area (Å²) in [5.74, 6) is -0.505. The van der Waals surface area contributed by atoms with Crippen LogP contribution in [0.5, 0.6) is 0 Å². The first-order valence-corrected chi connectivity index (χ1v) is 10.4. The lowest BCUT2D eigenvalue weighted by Gasteiger charge is -2.37. The van der Waals surface area contributed by atoms with Gasteiger partial charge in [-0.25, -0.2) is 10.0 Å². The summed E-state index contributed by atoms with van der Waals surface area (Å²) in [6, 6.07) is 8.44. The SMILES string of the molecule is C[C@H]1N=C(C(=O)N2CCC[C@@H](C(=O)N3CCOCC3)C2)NN(c2ccccc2)C1=O. The lowest BCUT2D eigenvalue weighted by molar-refractivity contribution is -0.142. The number of hydrazine groups is 1. The number of hydrogen-bond acceptors (Lipinski definition) is 6. The number of ether oxygens (including phenoxy) is 1. The van der Waals surface area contributed by atoms with E-state index >= 15 is 0 Å². The van der Waals surface area contributed by atoms with Crippen molar-refractivity contribution in [3.63, 3.8) is 0 Å². The third-order valence-corrected chi connectivity index (χ3v) is 5.72. The van der Waals surface area contributed by atoms with Gasteiger partial charge in [-0.1, -0.05) is 18.2 Å². The van der Waals surface area contributed by atoms with Crippen LogP contribution < -0.4 is 10.4 Å². The monoisotopic (exact) mass is 413 g/mol. The number of nitrogens with zero attached hydrogens (tertiary/aromatic N) is 4. The van der Waals surface area contributed by atoms with Crippen molar-refractivity contribution in [2.45, 2.75) is 25.8 Å². The third-order valence-electron chi connectivity index (χ3n) is 5.72. The Morgan fingerprint density at radius 1 is 1.10 bits per heavy atom. The van der Waals surface area contributed by atoms with Gasteiger partial charge < -0.3 is 14.5 Å². The van der Waals surface area contributed by atoms with Gasteiger partial charge in [0.25, 0.3) is 11.8 Å². The molecule has 160 valence electrons. The number of carbonyl (C=O) groups is 3. The Labute approximate surface area is 175 Å². The van der Waals surface area contributed by atoms with E-state index in [2.05, 4.69) is 10.4 Å². The molecule has 1 N–H and O–H groups in total. The maximum Gasteiger partial charge on any atom is 0.290 e. The largest absolute Gasteiger partial charge is 0.378 e. The zero-order chi connectivity index (χ0) is 21.1. The molecule has 0 saturated carbocycles. The molecule has 1 aromatic rings. The minimum absolute atomic E-state index is 0.0869. The van der Waals surface area contributed by atoms with E-state index in [1.807, 2.05) is 23.1 Å². The van der Waals surface area contributed by atoms with E-state index < -0.39 is 6.04 Å². The maximum atomic E-state index is 13.2. The number of anilines is 1. The van der Waals surface area contributed by atoms with Crippen LogP contribution in [-0.4, -0.2) is 78.8 Å². The van der Waals surface area contributed by atoms with Crippen LogP contribution in [0.4, 0.5) is 5.69 Å². The van der Waals surface area contributed by atoms with E-state index in [1.54, 1.807) is 24.0 Å². The van der Waals surface area contributed by atoms with Gasteiger partial charge in [-0.05, 0) is 31.9 Å². The summed E-state index contributed by atoms with van der Waals surface area (Å²) in [6.07, 6.45) is 1.53. The Kier molecular flexibility index (Phi) is 5.98. The lowest BCUT2D eigenvalue weighted by Crippen LogP contribution is -2.59. The predicted molar refractivity (Wildman–Crippen MR) is 111 cm³/mol. The number of hydrogen-bond donors (Lipinski definition) is 1. The molecule has 0 bridgehead atoms. The molecule has 9 nitrogen and oxygen atoms in total. The van der Waals surface area contributed by atoms with Gasteiger partial charge in [-0.15, -0.1) is 0 Å². The molecule has 0 radical (unpaired) electrons. The molecule has 9 heteroatoms. The predicted octanol–water partition coefficient (Wildman–Crippen LogP) is 0.422. The zero-order valence-corrected chi connectivity index (χ0v) is 17.1. The summed E-state index contributed by atoms with van der Waals surface area (Å²) in [4.78, 5) is 46.4. The normalized spacial score (nSPS) is 24.9. The summed E-state index contributed by atoms with van der Waals surface area (Å²) >= 11 is 0. The highest BCUT2D eigenvalue weighted by atomic mass is 16.5. The third kappa shape index (κ3) is 4.16. The summed E-state index contributed by atoms with van der Waals surface area (Å²) in [7, 11) is 0. The Balaban J connectivity index is 1.45. The van der Waals surface area contributed by atoms with E-state index in [4.69, 9.17) is 4.74 Å². The number of piperidine rings is 1. The minimum atomic E-state index is -0.666. The van der Waals surface area contributed by atoms with Crippen molar-refractivity contribution >= 4 is 29.2 Å². The van der Waals surface area contributed by atoms with Crippen LogP contribution in [0, 0.1) is 5.92 Å². The number of para-hydroxylation sites is 1. The average Bonchev–Trinajstić information content (AvgIpc) is 2.81. The van der Waals surface area contributed by atoms with Crippen LogP contribution in [-0.2, 0) is 19.1 Å². The number of morpholine rings is 1. The zero-order valence-electron chi connectivity index (χ0n) is 17.1. The molecule has 2 saturated heterocycles. The number of rotatable bonds is 3. The van der Waals surface area contributed by atoms with Crippen LogP contribution in [0.25, 0.3) is 0 Å². The average molecular weight is 413 g/mol. The highest BCUT2D eigenvalue weighted by Gasteiger charge is 2.36. The highest BCUT2D eigenvalue weighted by molar-refractivity contribution is 6.39. The minimum Gasteiger partial charge on any atom is -0.378 e. The topological polar surface area (TPSA) is 94.6 Å². The van der Waals surface area contributed by atoms with E-state index in [-0.39, 0.29) is 29.5 Å². The second kappa shape index (κ2) is 8.83. The van der Waals surface area contributed by atoms with Crippen LogP contribution in [0.15, 0.2) is 35.3 Å². The van der Waals surface area contributed by atoms with E-state index in [0.717, 1.165) is 12.8 Å². The number of benzene rings is 1. The summed E-state index contributed by atoms with van der Waals surface area (Å²) in [6.45, 7) is 4.93. The molecule has 0 unspecified atom stereocenters. The van der Waals surface area contributed by atoms with E-state index in [1.165, 1.54) is 5.01 Å². The van der Waals surface area contributed by atoms with Crippen molar-refractivity contribution in [1.82, 2.24) is 15.2 Å². The van der Waals surface area contributed by atoms with Gasteiger partial charge in [0.05, 0.1) is 24.8 Å². The van der Waals surface area contributed by atoms with Crippen molar-refractivity contribution in [3.05, 3.63) is 30.3 Å². The molecule has 3 aliphatic rings. The molecule has 4 rings (SSSR count). The maximum absolute atomic E-state index is 13.2. The van der Waals surface area contributed by atoms with E-state index in [0.29, 0.717) is 45.1 Å². The Hall–Kier alpha value is -2.94. The fourth-order valence-electron chi connectivity index (χ4n) is 4.05. The molecule has 2 fully saturated rings. The van der Waals surface area contributed by atoms with Crippen molar-refractivity contribution < 1.29 is 19.1 Å². The molecular formula is C21H27N5O4. The number of likely N-dealkylation sites (tertiary alicyclic amines) is 1. The molecule has 3 aliphatic heterocycles. The molecule has 0 aliphatic carbocycles. The van der Waals surface area contributed by atoms with Gasteiger partial charge in [0.15, 0.2) is 0 Å². The molecule has 3 amide bonds. The number of aliphatic imine (C=N–C) groups is 1. The summed E-state index contributed by atoms with van der Waals surface area (Å²) in [5.41, 5.74) is 3.53. The van der Waals surface area contributed by atoms with Gasteiger partial charge in [-0.3, -0.25) is 19.8 Å². The second-order valence-corrected chi connectivity index (χ2v) is 7.80. The smallest absolute Gasteiger partial charge is 0.290 e. The quantitative estimate of drug-likeness (QED) is 0.775. The fourth-order valence-corrected chi connectivity index (χ4v) is 4.05. The first-order valence-electron chi connectivity index (χ1n) is 10.4. The van der Waals surface area contributed by atoms with Gasteiger partial charge in [0, 0.05) is 26.2 Å². The molecule has 0 aromatic heterocycles. The van der Waals surface area contributed by atoms with Gasteiger partial charge in [-0.2, -0.15) is 0 Å². The Morgan fingerprint density at radius 3 is 2.57 bits per heavy atom. The van der Waals surface area contributed by atoms with Gasteiger partial charge in [0.2, 0.25) is 11.7 Å². The number of amides is 3. The molecular weight excluding hydrogens is 386 g/mol. The highest BCUT2D eigenvalue weighted by Crippen LogP contribution is 2.21. The van der Waals surface area contributed by atoms with Crippen LogP contribution in [0.3, 0.4) is 0 Å². The molecule has 30 heavy (non-hydrogen) atoms. The molecule has 2 atom stereocenters. The lowest BCUT2D eigenvalue weighted by atomic mass is 9.96. The standard InChI is InChI=1S/C21H27N5O4/c1-15-19(27)26(17-7-3-2-4-8-17)23-18(22-15)21(29)25-9-5-6-16(14-25)20(28)24-10-12-30-13-11-24/h2-4,7-8,15-16H,5-6,9-14H2,1H3,(H,22,23)/t15-,16-/m1/s1. The van der Waals surface area contributed by atoms with Crippen molar-refractivity contribution in [2.75, 3.05) is 44.4 Å². The Bertz CT molecular complexity index is 837. The molecule has 1 aromatic carbocycles. The molecule has 0 spiro atoms. The van der Waals surface area contributed by atoms with E-state index in [9.17, 15) is 14.4 Å². The van der Waals surface area contributed by atoms with Gasteiger partial charge >= 0.3 is 0 Å². The number of carbonyl (C=O) groups excluding carboxylic acids is 3. The molecule has 3 heterocycles. The summed E-state index contributed by atoms with van der Waals surface area (Å²) in [5, 5.41) is 1.37. The number of nitrogens with one attached hydrogen (secondary N) is 1. The fraction of sp³-hybridized carbons (Fsp3) is 0.524.